The molecule has 0 aliphatic carbocycles. The quantitative estimate of drug-likeness (QED) is 0.468. The maximum absolute atomic E-state index is 2.21. The highest BCUT2D eigenvalue weighted by atomic mass is 13.7. The molecule has 0 aromatic carbocycles. The molecule has 0 atom stereocenters. The maximum Gasteiger partial charge on any atom is -0.0538 e. The smallest absolute Gasteiger partial charge is 0.0538 e. The predicted octanol–water partition coefficient (Wildman–Crippen LogP) is 7.72. The zero-order valence-corrected chi connectivity index (χ0v) is 10.9. The van der Waals surface area contributed by atoms with Gasteiger partial charge in [0.1, 0.15) is 0 Å². The van der Waals surface area contributed by atoms with Gasteiger partial charge in [-0.15, -0.1) is 0 Å². The van der Waals surface area contributed by atoms with Crippen molar-refractivity contribution in [2.75, 3.05) is 0 Å². The minimum absolute atomic E-state index is 0. The lowest BCUT2D eigenvalue weighted by atomic mass is 10.3. The van der Waals surface area contributed by atoms with Crippen molar-refractivity contribution in [3.05, 3.63) is 0 Å². The van der Waals surface area contributed by atoms with Crippen LogP contribution in [0.25, 0.3) is 0 Å². The first-order valence-electron chi connectivity index (χ1n) is 6.24. The van der Waals surface area contributed by atoms with E-state index in [-0.39, 0.29) is 22.3 Å². The molecule has 0 aliphatic rings. The van der Waals surface area contributed by atoms with Crippen molar-refractivity contribution in [1.29, 1.82) is 0 Å². The van der Waals surface area contributed by atoms with Crippen LogP contribution in [0.15, 0.2) is 0 Å². The molecule has 0 fully saturated rings. The third kappa shape index (κ3) is 148. The first-order chi connectivity index (χ1) is 6.24. The van der Waals surface area contributed by atoms with Gasteiger partial charge in [-0.3, -0.25) is 0 Å². The van der Waals surface area contributed by atoms with Crippen LogP contribution >= 0.6 is 0 Å². The van der Waals surface area contributed by atoms with E-state index < -0.39 is 0 Å². The summed E-state index contributed by atoms with van der Waals surface area (Å²) in [5, 5.41) is 0. The molecule has 0 rings (SSSR count). The summed E-state index contributed by atoms with van der Waals surface area (Å²) in [6.45, 7) is 13.1. The summed E-state index contributed by atoms with van der Waals surface area (Å²) in [7, 11) is 0. The second kappa shape index (κ2) is 60.0. The van der Waals surface area contributed by atoms with Gasteiger partial charge in [0.2, 0.25) is 0 Å². The normalized spacial score (nSPS) is 6.38. The Bertz CT molecular complexity index is 29.3. The van der Waals surface area contributed by atoms with E-state index in [2.05, 4.69) is 41.5 Å². The van der Waals surface area contributed by atoms with Crippen molar-refractivity contribution in [2.24, 2.45) is 0 Å². The minimum atomic E-state index is 0. The van der Waals surface area contributed by atoms with E-state index in [1.807, 2.05) is 0 Å². The van der Waals surface area contributed by atoms with Crippen LogP contribution in [0.2, 0.25) is 0 Å². The van der Waals surface area contributed by atoms with Gasteiger partial charge >= 0.3 is 0 Å². The highest BCUT2D eigenvalue weighted by Crippen LogP contribution is 1.88. The average molecular weight is 237 g/mol. The Kier molecular flexibility index (Phi) is 135. The molecule has 0 spiro atoms. The van der Waals surface area contributed by atoms with Crippen LogP contribution in [0.3, 0.4) is 0 Å². The van der Waals surface area contributed by atoms with Gasteiger partial charge < -0.3 is 0 Å². The van der Waals surface area contributed by atoms with Crippen LogP contribution in [0.4, 0.5) is 0 Å². The molecule has 0 radical (unpaired) electrons. The summed E-state index contributed by atoms with van der Waals surface area (Å²) < 4.78 is 0. The van der Waals surface area contributed by atoms with E-state index >= 15 is 0 Å². The summed E-state index contributed by atoms with van der Waals surface area (Å²) >= 11 is 0. The summed E-state index contributed by atoms with van der Waals surface area (Å²) in [6, 6.07) is 0. The monoisotopic (exact) mass is 236 g/mol. The lowest BCUT2D eigenvalue weighted by Gasteiger charge is -1.79. The Morgan fingerprint density at radius 3 is 0.562 bits per heavy atom. The Labute approximate surface area is 109 Å². The fourth-order valence-corrected chi connectivity index (χ4v) is 0.707. The van der Waals surface area contributed by atoms with Gasteiger partial charge in [0.15, 0.2) is 0 Å². The number of hydrogen-bond acceptors (Lipinski definition) is 0. The molecule has 0 aromatic heterocycles. The van der Waals surface area contributed by atoms with E-state index in [0.29, 0.717) is 0 Å². The lowest BCUT2D eigenvalue weighted by Crippen LogP contribution is -1.59. The first kappa shape index (κ1) is 36.0. The van der Waals surface area contributed by atoms with Gasteiger partial charge in [-0.2, -0.15) is 0 Å². The van der Waals surface area contributed by atoms with E-state index in [0.717, 1.165) is 0 Å². The Morgan fingerprint density at radius 2 is 0.562 bits per heavy atom. The molecule has 16 heavy (non-hydrogen) atoms. The molecule has 0 amide bonds. The van der Waals surface area contributed by atoms with Crippen LogP contribution in [-0.4, -0.2) is 0 Å². The van der Waals surface area contributed by atoms with E-state index in [4.69, 9.17) is 0 Å². The third-order valence-corrected chi connectivity index (χ3v) is 1.41. The van der Waals surface area contributed by atoms with Gasteiger partial charge in [0.25, 0.3) is 0 Å². The largest absolute Gasteiger partial charge is 0.0776 e. The standard InChI is InChI=1S/2C5H12.C3H8.3CH4/c2*1-3-5-4-2;1-3-2;;;/h2*3-5H2,1-2H3;3H2,1-2H3;3*1H4. The fourth-order valence-electron chi connectivity index (χ4n) is 0.707. The maximum atomic E-state index is 2.21. The zero-order valence-electron chi connectivity index (χ0n) is 10.9. The van der Waals surface area contributed by atoms with Gasteiger partial charge in [0.05, 0.1) is 0 Å². The van der Waals surface area contributed by atoms with Gasteiger partial charge in [-0.25, -0.2) is 0 Å². The number of rotatable bonds is 4. The minimum Gasteiger partial charge on any atom is -0.0776 e. The highest BCUT2D eigenvalue weighted by molar-refractivity contribution is 4.24. The van der Waals surface area contributed by atoms with E-state index in [9.17, 15) is 0 Å². The van der Waals surface area contributed by atoms with E-state index in [1.54, 1.807) is 0 Å². The van der Waals surface area contributed by atoms with Crippen molar-refractivity contribution in [1.82, 2.24) is 0 Å². The zero-order chi connectivity index (χ0) is 10.9. The Morgan fingerprint density at radius 1 is 0.438 bits per heavy atom. The topological polar surface area (TPSA) is 0 Å². The van der Waals surface area contributed by atoms with Crippen LogP contribution in [0, 0.1) is 0 Å². The molecule has 0 heterocycles. The molecule has 0 saturated carbocycles. The summed E-state index contributed by atoms with van der Waals surface area (Å²) in [6.07, 6.45) is 9.40. The fraction of sp³-hybridized carbons (Fsp3) is 1.00. The molecule has 0 nitrogen and oxygen atoms in total. The van der Waals surface area contributed by atoms with Crippen molar-refractivity contribution in [2.45, 2.75) is 109 Å². The average Bonchev–Trinajstić information content (AvgIpc) is 2.09. The molecular formula is C16H44. The molecule has 108 valence electrons. The summed E-state index contributed by atoms with van der Waals surface area (Å²) in [4.78, 5) is 0. The van der Waals surface area contributed by atoms with Crippen molar-refractivity contribution >= 4 is 0 Å². The Balaban J connectivity index is -0.0000000220. The molecular weight excluding hydrogens is 192 g/mol. The highest BCUT2D eigenvalue weighted by Gasteiger charge is 1.68. The molecule has 0 N–H and O–H groups in total. The van der Waals surface area contributed by atoms with Crippen molar-refractivity contribution in [3.63, 3.8) is 0 Å². The van der Waals surface area contributed by atoms with Gasteiger partial charge in [-0.05, 0) is 0 Å². The van der Waals surface area contributed by atoms with Crippen molar-refractivity contribution < 1.29 is 0 Å². The molecule has 0 unspecified atom stereocenters. The molecule has 0 aliphatic heterocycles. The summed E-state index contributed by atoms with van der Waals surface area (Å²) in [5.74, 6) is 0. The van der Waals surface area contributed by atoms with Gasteiger partial charge in [-0.1, -0.05) is 109 Å². The van der Waals surface area contributed by atoms with Crippen LogP contribution in [0.1, 0.15) is 109 Å². The van der Waals surface area contributed by atoms with Gasteiger partial charge in [0, 0.05) is 0 Å². The lowest BCUT2D eigenvalue weighted by molar-refractivity contribution is 0.772. The van der Waals surface area contributed by atoms with Crippen molar-refractivity contribution in [3.8, 4) is 0 Å². The second-order valence-electron chi connectivity index (χ2n) is 3.41. The molecule has 0 bridgehead atoms. The molecule has 0 aromatic rings. The molecule has 0 saturated heterocycles. The van der Waals surface area contributed by atoms with Crippen LogP contribution < -0.4 is 0 Å². The van der Waals surface area contributed by atoms with Crippen LogP contribution in [-0.2, 0) is 0 Å². The Hall–Kier alpha value is 0. The third-order valence-electron chi connectivity index (χ3n) is 1.41. The second-order valence-corrected chi connectivity index (χ2v) is 3.41. The summed E-state index contributed by atoms with van der Waals surface area (Å²) in [5.41, 5.74) is 0. The number of hydrogen-bond donors (Lipinski definition) is 0. The number of unbranched alkanes of at least 4 members (excludes halogenated alkanes) is 4. The van der Waals surface area contributed by atoms with E-state index in [1.165, 1.54) is 44.9 Å². The SMILES string of the molecule is C.C.C.CCC.CCCCC.CCCCC. The molecule has 0 heteroatoms. The van der Waals surface area contributed by atoms with Crippen LogP contribution in [0.5, 0.6) is 0 Å². The first-order valence-corrected chi connectivity index (χ1v) is 6.24. The predicted molar refractivity (Wildman–Crippen MR) is 86.6 cm³/mol.